The van der Waals surface area contributed by atoms with E-state index in [0.29, 0.717) is 5.69 Å². The van der Waals surface area contributed by atoms with E-state index in [4.69, 9.17) is 0 Å². The average molecular weight is 358 g/mol. The number of aromatic nitrogens is 3. The normalized spacial score (nSPS) is 10.6. The van der Waals surface area contributed by atoms with Gasteiger partial charge in [0.1, 0.15) is 5.69 Å². The first-order valence-corrected chi connectivity index (χ1v) is 7.38. The van der Waals surface area contributed by atoms with Crippen LogP contribution in [0.15, 0.2) is 53.0 Å². The van der Waals surface area contributed by atoms with Crippen LogP contribution in [0.25, 0.3) is 16.9 Å². The molecular formula is C16H12BrN3O2. The Hall–Kier alpha value is -2.47. The van der Waals surface area contributed by atoms with Crippen molar-refractivity contribution in [2.24, 2.45) is 0 Å². The number of carboxylic acid groups (broad SMARTS) is 1. The zero-order valence-corrected chi connectivity index (χ0v) is 13.3. The summed E-state index contributed by atoms with van der Waals surface area (Å²) in [6, 6.07) is 15.0. The van der Waals surface area contributed by atoms with Gasteiger partial charge in [-0.3, -0.25) is 0 Å². The molecule has 0 atom stereocenters. The molecular weight excluding hydrogens is 346 g/mol. The highest BCUT2D eigenvalue weighted by molar-refractivity contribution is 9.10. The Morgan fingerprint density at radius 2 is 1.91 bits per heavy atom. The first kappa shape index (κ1) is 14.5. The lowest BCUT2D eigenvalue weighted by Crippen LogP contribution is -2.03. The monoisotopic (exact) mass is 357 g/mol. The van der Waals surface area contributed by atoms with Crippen molar-refractivity contribution >= 4 is 21.9 Å². The molecule has 0 spiro atoms. The maximum Gasteiger partial charge on any atom is 0.358 e. The van der Waals surface area contributed by atoms with Gasteiger partial charge in [-0.25, -0.2) is 9.48 Å². The van der Waals surface area contributed by atoms with E-state index < -0.39 is 5.97 Å². The standard InChI is InChI=1S/C16H12BrN3O2/c1-10-9-12(7-8-13(10)17)20-15(11-5-3-2-4-6-11)14(16(21)22)18-19-20/h2-9H,1H3,(H,21,22). The van der Waals surface area contributed by atoms with E-state index in [2.05, 4.69) is 26.2 Å². The van der Waals surface area contributed by atoms with Gasteiger partial charge in [-0.2, -0.15) is 0 Å². The smallest absolute Gasteiger partial charge is 0.358 e. The molecule has 0 saturated heterocycles. The number of aromatic carboxylic acids is 1. The van der Waals surface area contributed by atoms with Crippen LogP contribution in [0, 0.1) is 6.92 Å². The van der Waals surface area contributed by atoms with E-state index >= 15 is 0 Å². The van der Waals surface area contributed by atoms with Crippen LogP contribution in [0.5, 0.6) is 0 Å². The quantitative estimate of drug-likeness (QED) is 0.775. The molecule has 5 nitrogen and oxygen atoms in total. The number of aryl methyl sites for hydroxylation is 1. The van der Waals surface area contributed by atoms with Crippen LogP contribution in [0.3, 0.4) is 0 Å². The molecule has 0 aliphatic heterocycles. The molecule has 0 radical (unpaired) electrons. The van der Waals surface area contributed by atoms with Crippen molar-refractivity contribution in [2.45, 2.75) is 6.92 Å². The maximum atomic E-state index is 11.4. The minimum atomic E-state index is -1.10. The molecule has 22 heavy (non-hydrogen) atoms. The first-order valence-electron chi connectivity index (χ1n) is 6.59. The van der Waals surface area contributed by atoms with Crippen LogP contribution in [0.2, 0.25) is 0 Å². The number of hydrogen-bond acceptors (Lipinski definition) is 3. The highest BCUT2D eigenvalue weighted by Gasteiger charge is 2.21. The van der Waals surface area contributed by atoms with Crippen molar-refractivity contribution in [1.29, 1.82) is 0 Å². The summed E-state index contributed by atoms with van der Waals surface area (Å²) in [5.74, 6) is -1.10. The molecule has 1 N–H and O–H groups in total. The molecule has 6 heteroatoms. The zero-order valence-electron chi connectivity index (χ0n) is 11.7. The Morgan fingerprint density at radius 1 is 1.18 bits per heavy atom. The van der Waals surface area contributed by atoms with Crippen molar-refractivity contribution in [3.05, 3.63) is 64.3 Å². The van der Waals surface area contributed by atoms with Gasteiger partial charge in [0.25, 0.3) is 0 Å². The predicted molar refractivity (Wildman–Crippen MR) is 86.2 cm³/mol. The number of carbonyl (C=O) groups is 1. The van der Waals surface area contributed by atoms with Crippen molar-refractivity contribution < 1.29 is 9.90 Å². The molecule has 110 valence electrons. The second kappa shape index (κ2) is 5.73. The number of rotatable bonds is 3. The second-order valence-electron chi connectivity index (χ2n) is 4.80. The molecule has 0 aliphatic rings. The molecule has 3 rings (SSSR count). The van der Waals surface area contributed by atoms with E-state index in [1.165, 1.54) is 0 Å². The number of halogens is 1. The Bertz CT molecular complexity index is 844. The number of hydrogen-bond donors (Lipinski definition) is 1. The topological polar surface area (TPSA) is 68.0 Å². The van der Waals surface area contributed by atoms with Crippen LogP contribution in [-0.4, -0.2) is 26.1 Å². The Balaban J connectivity index is 2.24. The zero-order chi connectivity index (χ0) is 15.7. The van der Waals surface area contributed by atoms with Gasteiger partial charge in [0, 0.05) is 10.0 Å². The molecule has 3 aromatic rings. The molecule has 0 saturated carbocycles. The van der Waals surface area contributed by atoms with E-state index in [9.17, 15) is 9.90 Å². The third-order valence-electron chi connectivity index (χ3n) is 3.31. The summed E-state index contributed by atoms with van der Waals surface area (Å²) in [4.78, 5) is 11.4. The molecule has 0 unspecified atom stereocenters. The fourth-order valence-electron chi connectivity index (χ4n) is 2.22. The number of benzene rings is 2. The highest BCUT2D eigenvalue weighted by Crippen LogP contribution is 2.27. The Morgan fingerprint density at radius 3 is 2.55 bits per heavy atom. The highest BCUT2D eigenvalue weighted by atomic mass is 79.9. The van der Waals surface area contributed by atoms with E-state index in [1.54, 1.807) is 4.68 Å². The predicted octanol–water partition coefficient (Wildman–Crippen LogP) is 3.70. The van der Waals surface area contributed by atoms with Gasteiger partial charge in [0.2, 0.25) is 0 Å². The maximum absolute atomic E-state index is 11.4. The van der Waals surface area contributed by atoms with Crippen LogP contribution in [-0.2, 0) is 0 Å². The van der Waals surface area contributed by atoms with Crippen LogP contribution in [0.4, 0.5) is 0 Å². The van der Waals surface area contributed by atoms with E-state index in [1.807, 2.05) is 55.5 Å². The summed E-state index contributed by atoms with van der Waals surface area (Å²) in [5, 5.41) is 17.2. The van der Waals surface area contributed by atoms with Gasteiger partial charge in [-0.1, -0.05) is 51.5 Å². The summed E-state index contributed by atoms with van der Waals surface area (Å²) >= 11 is 3.45. The van der Waals surface area contributed by atoms with Crippen molar-refractivity contribution in [3.8, 4) is 16.9 Å². The molecule has 1 aromatic heterocycles. The summed E-state index contributed by atoms with van der Waals surface area (Å²) < 4.78 is 2.54. The fourth-order valence-corrected chi connectivity index (χ4v) is 2.47. The van der Waals surface area contributed by atoms with Crippen LogP contribution < -0.4 is 0 Å². The lowest BCUT2D eigenvalue weighted by molar-refractivity contribution is 0.0691. The SMILES string of the molecule is Cc1cc(-n2nnc(C(=O)O)c2-c2ccccc2)ccc1Br. The lowest BCUT2D eigenvalue weighted by atomic mass is 10.1. The summed E-state index contributed by atoms with van der Waals surface area (Å²) in [6.07, 6.45) is 0. The fraction of sp³-hybridized carbons (Fsp3) is 0.0625. The molecule has 0 fully saturated rings. The Kier molecular flexibility index (Phi) is 3.77. The summed E-state index contributed by atoms with van der Waals surface area (Å²) in [6.45, 7) is 1.96. The van der Waals surface area contributed by atoms with Crippen LogP contribution >= 0.6 is 15.9 Å². The molecule has 1 heterocycles. The van der Waals surface area contributed by atoms with Gasteiger partial charge in [0.15, 0.2) is 5.69 Å². The van der Waals surface area contributed by atoms with Crippen LogP contribution in [0.1, 0.15) is 16.1 Å². The van der Waals surface area contributed by atoms with E-state index in [-0.39, 0.29) is 5.69 Å². The first-order chi connectivity index (χ1) is 10.6. The minimum absolute atomic E-state index is 0.0632. The molecule has 2 aromatic carbocycles. The Labute approximate surface area is 135 Å². The minimum Gasteiger partial charge on any atom is -0.476 e. The molecule has 0 bridgehead atoms. The third kappa shape index (κ3) is 2.53. The van der Waals surface area contributed by atoms with Crippen molar-refractivity contribution in [1.82, 2.24) is 15.0 Å². The lowest BCUT2D eigenvalue weighted by Gasteiger charge is -2.09. The third-order valence-corrected chi connectivity index (χ3v) is 4.20. The molecule has 0 aliphatic carbocycles. The average Bonchev–Trinajstić information content (AvgIpc) is 2.96. The number of carboxylic acids is 1. The van der Waals surface area contributed by atoms with Gasteiger partial charge >= 0.3 is 5.97 Å². The van der Waals surface area contributed by atoms with E-state index in [0.717, 1.165) is 21.3 Å². The molecule has 0 amide bonds. The van der Waals surface area contributed by atoms with Crippen molar-refractivity contribution in [3.63, 3.8) is 0 Å². The van der Waals surface area contributed by atoms with Gasteiger partial charge < -0.3 is 5.11 Å². The van der Waals surface area contributed by atoms with Gasteiger partial charge in [-0.05, 0) is 30.7 Å². The van der Waals surface area contributed by atoms with Gasteiger partial charge in [-0.15, -0.1) is 5.10 Å². The summed E-state index contributed by atoms with van der Waals surface area (Å²) in [7, 11) is 0. The van der Waals surface area contributed by atoms with Gasteiger partial charge in [0.05, 0.1) is 5.69 Å². The van der Waals surface area contributed by atoms with Crippen molar-refractivity contribution in [2.75, 3.05) is 0 Å². The summed E-state index contributed by atoms with van der Waals surface area (Å²) in [5.41, 5.74) is 2.95. The largest absolute Gasteiger partial charge is 0.476 e. The number of nitrogens with zero attached hydrogens (tertiary/aromatic N) is 3. The second-order valence-corrected chi connectivity index (χ2v) is 5.66.